The summed E-state index contributed by atoms with van der Waals surface area (Å²) < 4.78 is 55.6. The highest BCUT2D eigenvalue weighted by atomic mass is 19.4. The minimum absolute atomic E-state index is 0.0243. The number of aliphatic imine (C=N–C) groups is 1. The molecule has 0 aliphatic carbocycles. The fourth-order valence-electron chi connectivity index (χ4n) is 4.85. The first kappa shape index (κ1) is 31.3. The third-order valence-electron chi connectivity index (χ3n) is 6.79. The molecule has 1 fully saturated rings. The van der Waals surface area contributed by atoms with Crippen molar-refractivity contribution in [2.75, 3.05) is 6.54 Å². The zero-order valence-corrected chi connectivity index (χ0v) is 24.6. The molecule has 2 heterocycles. The van der Waals surface area contributed by atoms with Crippen molar-refractivity contribution in [2.45, 2.75) is 58.0 Å². The second-order valence-corrected chi connectivity index (χ2v) is 11.4. The van der Waals surface area contributed by atoms with Gasteiger partial charge in [-0.2, -0.15) is 18.2 Å². The Morgan fingerprint density at radius 2 is 1.84 bits per heavy atom. The maximum Gasteiger partial charge on any atom is 0.437 e. The maximum atomic E-state index is 13.0. The van der Waals surface area contributed by atoms with Gasteiger partial charge in [0, 0.05) is 12.1 Å². The van der Waals surface area contributed by atoms with Gasteiger partial charge in [-0.25, -0.2) is 9.59 Å². The quantitative estimate of drug-likeness (QED) is 0.174. The van der Waals surface area contributed by atoms with Gasteiger partial charge in [0.2, 0.25) is 17.7 Å². The summed E-state index contributed by atoms with van der Waals surface area (Å²) in [6.07, 6.45) is -5.55. The lowest BCUT2D eigenvalue weighted by molar-refractivity contribution is -0.137. The number of ether oxygens (including phenoxy) is 2. The molecule has 1 saturated heterocycles. The number of rotatable bonds is 5. The van der Waals surface area contributed by atoms with E-state index in [9.17, 15) is 27.9 Å². The van der Waals surface area contributed by atoms with Crippen molar-refractivity contribution in [3.05, 3.63) is 77.7 Å². The van der Waals surface area contributed by atoms with Gasteiger partial charge in [-0.15, -0.1) is 4.99 Å². The summed E-state index contributed by atoms with van der Waals surface area (Å²) in [5.41, 5.74) is -0.491. The first-order chi connectivity index (χ1) is 21.2. The molecular formula is C31H30F3N5O6. The van der Waals surface area contributed by atoms with Crippen LogP contribution in [0.25, 0.3) is 22.2 Å². The van der Waals surface area contributed by atoms with E-state index in [0.29, 0.717) is 42.1 Å². The molecule has 2 amide bonds. The van der Waals surface area contributed by atoms with Crippen molar-refractivity contribution in [3.8, 4) is 17.1 Å². The van der Waals surface area contributed by atoms with Crippen molar-refractivity contribution in [3.63, 3.8) is 0 Å². The Balaban J connectivity index is 1.31. The Bertz CT molecular complexity index is 1750. The summed E-state index contributed by atoms with van der Waals surface area (Å²) in [6, 6.07) is 15.3. The van der Waals surface area contributed by atoms with E-state index in [1.165, 1.54) is 6.07 Å². The van der Waals surface area contributed by atoms with E-state index in [1.807, 2.05) is 18.2 Å². The van der Waals surface area contributed by atoms with Gasteiger partial charge in [0.05, 0.1) is 5.56 Å². The number of hydrogen-bond donors (Lipinski definition) is 2. The van der Waals surface area contributed by atoms with Crippen LogP contribution in [0.1, 0.15) is 56.7 Å². The zero-order valence-electron chi connectivity index (χ0n) is 24.6. The van der Waals surface area contributed by atoms with E-state index in [-0.39, 0.29) is 18.5 Å². The van der Waals surface area contributed by atoms with Crippen LogP contribution in [-0.2, 0) is 17.5 Å². The average molecular weight is 626 g/mol. The molecule has 236 valence electrons. The standard InChI is InChI=1S/C31H30F3N5O6/c1-30(2,3)44-29(42)37-27(36-28(40)41)39-13-5-8-24(39)26-35-25(38-45-26)21-10-9-20-16-23(12-11-19(20)15-21)43-17-18-6-4-7-22(14-18)31(32,33)34/h4,6-7,9-12,14-16,24H,5,8,13,17H2,1-3H3,(H,40,41)(H,36,37,42). The van der Waals surface area contributed by atoms with Crippen molar-refractivity contribution < 1.29 is 41.9 Å². The predicted octanol–water partition coefficient (Wildman–Crippen LogP) is 7.18. The first-order valence-electron chi connectivity index (χ1n) is 14.0. The molecule has 5 rings (SSSR count). The predicted molar refractivity (Wildman–Crippen MR) is 157 cm³/mol. The van der Waals surface area contributed by atoms with Gasteiger partial charge in [0.1, 0.15) is 24.0 Å². The lowest BCUT2D eigenvalue weighted by atomic mass is 10.1. The number of alkyl halides is 3. The molecule has 45 heavy (non-hydrogen) atoms. The SMILES string of the molecule is CC(C)(C)OC(=O)N=C(NC(=O)O)N1CCCC1c1nc(-c2ccc3cc(OCc4cccc(C(F)(F)F)c4)ccc3c2)no1. The van der Waals surface area contributed by atoms with Gasteiger partial charge in [0.15, 0.2) is 0 Å². The highest BCUT2D eigenvalue weighted by Gasteiger charge is 2.35. The number of hydrogen-bond acceptors (Lipinski definition) is 7. The monoisotopic (exact) mass is 625 g/mol. The van der Waals surface area contributed by atoms with E-state index >= 15 is 0 Å². The van der Waals surface area contributed by atoms with Crippen LogP contribution in [0.15, 0.2) is 70.2 Å². The summed E-state index contributed by atoms with van der Waals surface area (Å²) in [5, 5.41) is 17.3. The molecule has 0 radical (unpaired) electrons. The largest absolute Gasteiger partial charge is 0.489 e. The van der Waals surface area contributed by atoms with Gasteiger partial charge in [-0.05, 0) is 80.3 Å². The van der Waals surface area contributed by atoms with Crippen LogP contribution < -0.4 is 10.1 Å². The molecule has 0 spiro atoms. The molecule has 1 aliphatic heterocycles. The molecule has 1 unspecified atom stereocenters. The average Bonchev–Trinajstić information content (AvgIpc) is 3.64. The highest BCUT2D eigenvalue weighted by Crippen LogP contribution is 2.34. The number of carboxylic acid groups (broad SMARTS) is 1. The van der Waals surface area contributed by atoms with Gasteiger partial charge in [-0.1, -0.05) is 35.5 Å². The summed E-state index contributed by atoms with van der Waals surface area (Å²) in [4.78, 5) is 33.8. The van der Waals surface area contributed by atoms with E-state index in [0.717, 1.165) is 22.9 Å². The Morgan fingerprint density at radius 3 is 2.58 bits per heavy atom. The lowest BCUT2D eigenvalue weighted by Crippen LogP contribution is -2.44. The summed E-state index contributed by atoms with van der Waals surface area (Å²) >= 11 is 0. The van der Waals surface area contributed by atoms with E-state index in [2.05, 4.69) is 20.4 Å². The molecular weight excluding hydrogens is 595 g/mol. The fourth-order valence-corrected chi connectivity index (χ4v) is 4.85. The van der Waals surface area contributed by atoms with Gasteiger partial charge < -0.3 is 24.0 Å². The minimum Gasteiger partial charge on any atom is -0.489 e. The summed E-state index contributed by atoms with van der Waals surface area (Å²) in [5.74, 6) is 0.830. The lowest BCUT2D eigenvalue weighted by Gasteiger charge is -2.25. The molecule has 4 aromatic rings. The van der Waals surface area contributed by atoms with Crippen LogP contribution in [0.2, 0.25) is 0 Å². The Morgan fingerprint density at radius 1 is 1.09 bits per heavy atom. The normalized spacial score (nSPS) is 15.7. The number of aromatic nitrogens is 2. The first-order valence-corrected chi connectivity index (χ1v) is 14.0. The Hall–Kier alpha value is -5.14. The number of fused-ring (bicyclic) bond motifs is 1. The third-order valence-corrected chi connectivity index (χ3v) is 6.79. The summed E-state index contributed by atoms with van der Waals surface area (Å²) in [7, 11) is 0. The number of nitrogens with zero attached hydrogens (tertiary/aromatic N) is 4. The highest BCUT2D eigenvalue weighted by molar-refractivity contribution is 5.98. The van der Waals surface area contributed by atoms with Crippen LogP contribution in [0, 0.1) is 0 Å². The molecule has 1 aromatic heterocycles. The molecule has 3 aromatic carbocycles. The van der Waals surface area contributed by atoms with E-state index in [4.69, 9.17) is 14.0 Å². The summed E-state index contributed by atoms with van der Waals surface area (Å²) in [6.45, 7) is 5.39. The van der Waals surface area contributed by atoms with Crippen molar-refractivity contribution >= 4 is 28.9 Å². The Labute approximate surface area is 255 Å². The van der Waals surface area contributed by atoms with Crippen molar-refractivity contribution in [1.29, 1.82) is 0 Å². The van der Waals surface area contributed by atoms with Gasteiger partial charge in [-0.3, -0.25) is 5.32 Å². The Kier molecular flexibility index (Phi) is 8.66. The van der Waals surface area contributed by atoms with Crippen LogP contribution >= 0.6 is 0 Å². The molecule has 0 saturated carbocycles. The number of carbonyl (C=O) groups is 2. The van der Waals surface area contributed by atoms with Crippen LogP contribution in [-0.4, -0.2) is 50.4 Å². The number of amides is 2. The number of halogens is 3. The topological polar surface area (TPSA) is 139 Å². The third kappa shape index (κ3) is 7.88. The van der Waals surface area contributed by atoms with Crippen LogP contribution in [0.4, 0.5) is 22.8 Å². The van der Waals surface area contributed by atoms with E-state index in [1.54, 1.807) is 49.9 Å². The van der Waals surface area contributed by atoms with E-state index < -0.39 is 35.6 Å². The molecule has 2 N–H and O–H groups in total. The number of likely N-dealkylation sites (tertiary alicyclic amines) is 1. The second-order valence-electron chi connectivity index (χ2n) is 11.4. The molecule has 14 heteroatoms. The molecule has 11 nitrogen and oxygen atoms in total. The molecule has 0 bridgehead atoms. The van der Waals surface area contributed by atoms with Crippen molar-refractivity contribution in [1.82, 2.24) is 20.4 Å². The minimum atomic E-state index is -4.43. The molecule has 1 atom stereocenters. The maximum absolute atomic E-state index is 13.0. The number of guanidine groups is 1. The van der Waals surface area contributed by atoms with Crippen LogP contribution in [0.5, 0.6) is 5.75 Å². The van der Waals surface area contributed by atoms with Crippen molar-refractivity contribution in [2.24, 2.45) is 4.99 Å². The number of benzene rings is 3. The molecule has 1 aliphatic rings. The zero-order chi connectivity index (χ0) is 32.4. The smallest absolute Gasteiger partial charge is 0.437 e. The van der Waals surface area contributed by atoms with Crippen LogP contribution in [0.3, 0.4) is 0 Å². The number of carbonyl (C=O) groups excluding carboxylic acids is 1. The number of nitrogens with one attached hydrogen (secondary N) is 1. The van der Waals surface area contributed by atoms with Gasteiger partial charge in [0.25, 0.3) is 0 Å². The van der Waals surface area contributed by atoms with Gasteiger partial charge >= 0.3 is 18.4 Å². The fraction of sp³-hybridized carbons (Fsp3) is 0.323. The second kappa shape index (κ2) is 12.5.